The number of aromatic nitrogens is 5. The van der Waals surface area contributed by atoms with Crippen LogP contribution in [0.5, 0.6) is 0 Å². The van der Waals surface area contributed by atoms with Gasteiger partial charge in [-0.15, -0.1) is 10.2 Å². The molecule has 3 aromatic heterocycles. The summed E-state index contributed by atoms with van der Waals surface area (Å²) in [6, 6.07) is 6.78. The number of benzene rings is 1. The third-order valence-electron chi connectivity index (χ3n) is 8.09. The van der Waals surface area contributed by atoms with Crippen molar-refractivity contribution in [1.82, 2.24) is 29.2 Å². The molecule has 1 saturated heterocycles. The van der Waals surface area contributed by atoms with Gasteiger partial charge in [0, 0.05) is 61.5 Å². The molecular weight excluding hydrogens is 471 g/mol. The fourth-order valence-corrected chi connectivity index (χ4v) is 6.16. The van der Waals surface area contributed by atoms with Crippen molar-refractivity contribution in [3.05, 3.63) is 52.5 Å². The average Bonchev–Trinajstić information content (AvgIpc) is 3.45. The molecule has 0 amide bonds. The van der Waals surface area contributed by atoms with Gasteiger partial charge in [-0.25, -0.2) is 9.18 Å². The summed E-state index contributed by atoms with van der Waals surface area (Å²) < 4.78 is 24.2. The lowest BCUT2D eigenvalue weighted by atomic mass is 9.78. The minimum Gasteiger partial charge on any atom is -0.374 e. The molecule has 6 rings (SSSR count). The molecular formula is C28H33FN6O2. The molecule has 1 spiro atoms. The number of likely N-dealkylation sites (tertiary alicyclic amines) is 1. The van der Waals surface area contributed by atoms with Gasteiger partial charge in [-0.05, 0) is 44.2 Å². The van der Waals surface area contributed by atoms with E-state index in [0.717, 1.165) is 12.2 Å². The third kappa shape index (κ3) is 4.24. The molecule has 0 unspecified atom stereocenters. The van der Waals surface area contributed by atoms with E-state index in [0.29, 0.717) is 51.8 Å². The summed E-state index contributed by atoms with van der Waals surface area (Å²) in [4.78, 5) is 19.8. The number of fused-ring (bicyclic) bond motifs is 3. The molecule has 37 heavy (non-hydrogen) atoms. The summed E-state index contributed by atoms with van der Waals surface area (Å²) in [6.07, 6.45) is 7.23. The van der Waals surface area contributed by atoms with Crippen molar-refractivity contribution in [2.24, 2.45) is 12.5 Å². The molecule has 8 nitrogen and oxygen atoms in total. The number of aryl methyl sites for hydroxylation is 1. The van der Waals surface area contributed by atoms with Gasteiger partial charge in [-0.2, -0.15) is 0 Å². The van der Waals surface area contributed by atoms with E-state index in [1.807, 2.05) is 26.0 Å². The normalized spacial score (nSPS) is 17.4. The molecule has 0 radical (unpaired) electrons. The summed E-state index contributed by atoms with van der Waals surface area (Å²) in [5.41, 5.74) is 3.87. The van der Waals surface area contributed by atoms with E-state index in [1.165, 1.54) is 49.4 Å². The first-order chi connectivity index (χ1) is 17.8. The van der Waals surface area contributed by atoms with Gasteiger partial charge in [0.2, 0.25) is 0 Å². The zero-order valence-corrected chi connectivity index (χ0v) is 21.7. The number of ether oxygens (including phenoxy) is 1. The predicted molar refractivity (Wildman–Crippen MR) is 141 cm³/mol. The van der Waals surface area contributed by atoms with E-state index in [-0.39, 0.29) is 11.7 Å². The predicted octanol–water partition coefficient (Wildman–Crippen LogP) is 4.46. The highest BCUT2D eigenvalue weighted by Gasteiger charge is 2.44. The first-order valence-corrected chi connectivity index (χ1v) is 13.2. The van der Waals surface area contributed by atoms with Crippen LogP contribution in [0.2, 0.25) is 0 Å². The highest BCUT2D eigenvalue weighted by atomic mass is 19.1. The number of imidazole rings is 1. The van der Waals surface area contributed by atoms with Crippen LogP contribution in [0.3, 0.4) is 0 Å². The molecule has 0 atom stereocenters. The molecule has 4 aromatic rings. The largest absolute Gasteiger partial charge is 0.374 e. The van der Waals surface area contributed by atoms with Gasteiger partial charge in [0.1, 0.15) is 11.3 Å². The Morgan fingerprint density at radius 3 is 2.62 bits per heavy atom. The van der Waals surface area contributed by atoms with Crippen LogP contribution in [0, 0.1) is 11.2 Å². The Morgan fingerprint density at radius 2 is 1.92 bits per heavy atom. The van der Waals surface area contributed by atoms with Crippen molar-refractivity contribution < 1.29 is 9.13 Å². The van der Waals surface area contributed by atoms with Gasteiger partial charge in [0.05, 0.1) is 24.4 Å². The molecule has 9 heteroatoms. The number of halogens is 1. The highest BCUT2D eigenvalue weighted by molar-refractivity contribution is 6.02. The molecule has 0 N–H and O–H groups in total. The Kier molecular flexibility index (Phi) is 6.07. The van der Waals surface area contributed by atoms with Crippen LogP contribution in [0.1, 0.15) is 51.3 Å². The second-order valence-corrected chi connectivity index (χ2v) is 11.0. The van der Waals surface area contributed by atoms with Crippen molar-refractivity contribution in [2.45, 2.75) is 52.2 Å². The first-order valence-electron chi connectivity index (χ1n) is 13.2. The minimum absolute atomic E-state index is 0.0806. The maximum atomic E-state index is 15.1. The maximum absolute atomic E-state index is 15.1. The summed E-state index contributed by atoms with van der Waals surface area (Å²) in [7, 11) is 1.68. The summed E-state index contributed by atoms with van der Waals surface area (Å²) >= 11 is 0. The molecule has 1 aliphatic carbocycles. The molecule has 0 bridgehead atoms. The molecule has 1 aromatic carbocycles. The van der Waals surface area contributed by atoms with E-state index >= 15 is 4.39 Å². The molecule has 2 aliphatic rings. The molecule has 1 aliphatic heterocycles. The van der Waals surface area contributed by atoms with Crippen molar-refractivity contribution in [3.63, 3.8) is 0 Å². The number of hydrogen-bond acceptors (Lipinski definition) is 6. The lowest BCUT2D eigenvalue weighted by Crippen LogP contribution is -2.55. The van der Waals surface area contributed by atoms with Crippen LogP contribution in [0.15, 0.2) is 35.3 Å². The van der Waals surface area contributed by atoms with Crippen molar-refractivity contribution in [3.8, 4) is 11.1 Å². The second kappa shape index (κ2) is 9.29. The minimum atomic E-state index is -0.407. The molecule has 4 heterocycles. The Labute approximate surface area is 215 Å². The third-order valence-corrected chi connectivity index (χ3v) is 8.09. The summed E-state index contributed by atoms with van der Waals surface area (Å²) in [6.45, 7) is 8.39. The van der Waals surface area contributed by atoms with Gasteiger partial charge in [0.15, 0.2) is 5.65 Å². The van der Waals surface area contributed by atoms with E-state index in [4.69, 9.17) is 4.74 Å². The van der Waals surface area contributed by atoms with E-state index in [1.54, 1.807) is 23.9 Å². The molecule has 194 valence electrons. The van der Waals surface area contributed by atoms with Gasteiger partial charge in [-0.3, -0.25) is 19.0 Å². The maximum Gasteiger partial charge on any atom is 0.330 e. The van der Waals surface area contributed by atoms with Crippen molar-refractivity contribution in [1.29, 1.82) is 0 Å². The van der Waals surface area contributed by atoms with Crippen LogP contribution in [-0.4, -0.2) is 55.5 Å². The monoisotopic (exact) mass is 504 g/mol. The lowest BCUT2D eigenvalue weighted by Gasteiger charge is -2.48. The zero-order chi connectivity index (χ0) is 25.7. The van der Waals surface area contributed by atoms with Gasteiger partial charge in [0.25, 0.3) is 0 Å². The molecule has 1 saturated carbocycles. The number of hydrogen-bond donors (Lipinski definition) is 0. The van der Waals surface area contributed by atoms with Gasteiger partial charge >= 0.3 is 5.69 Å². The Balaban J connectivity index is 1.18. The Morgan fingerprint density at radius 1 is 1.14 bits per heavy atom. The van der Waals surface area contributed by atoms with E-state index < -0.39 is 5.82 Å². The fraction of sp³-hybridized carbons (Fsp3) is 0.500. The van der Waals surface area contributed by atoms with Gasteiger partial charge in [-0.1, -0.05) is 18.9 Å². The van der Waals surface area contributed by atoms with Crippen LogP contribution in [0.4, 0.5) is 4.39 Å². The van der Waals surface area contributed by atoms with Crippen LogP contribution in [-0.2, 0) is 18.4 Å². The standard InChI is InChI=1S/C28H33FN6O2/c1-18(2)35-25-22-12-21(23(29)13-24(22)31-32-26(25)33(3)27(35)36)19-6-7-20(30-14-19)15-37-11-10-34-16-28(17-34)8-4-5-9-28/h6-7,12-14,18H,4-5,8-11,15-17H2,1-3H3. The fourth-order valence-electron chi connectivity index (χ4n) is 6.16. The number of rotatable bonds is 7. The summed E-state index contributed by atoms with van der Waals surface area (Å²) in [5, 5.41) is 9.06. The first kappa shape index (κ1) is 24.2. The topological polar surface area (TPSA) is 78.1 Å². The quantitative estimate of drug-likeness (QED) is 0.346. The zero-order valence-electron chi connectivity index (χ0n) is 21.7. The van der Waals surface area contributed by atoms with Crippen molar-refractivity contribution in [2.75, 3.05) is 26.2 Å². The van der Waals surface area contributed by atoms with Gasteiger partial charge < -0.3 is 4.74 Å². The number of pyridine rings is 1. The van der Waals surface area contributed by atoms with Crippen molar-refractivity contribution >= 4 is 22.1 Å². The van der Waals surface area contributed by atoms with E-state index in [2.05, 4.69) is 20.1 Å². The Bertz CT molecular complexity index is 1510. The summed E-state index contributed by atoms with van der Waals surface area (Å²) in [5.74, 6) is -0.407. The SMILES string of the molecule is CC(C)n1c(=O)n(C)c2nnc3cc(F)c(-c4ccc(COCCN5CC6(CCCC6)C5)nc4)cc3c21. The Hall–Kier alpha value is -3.17. The van der Waals surface area contributed by atoms with E-state index in [9.17, 15) is 4.79 Å². The lowest BCUT2D eigenvalue weighted by molar-refractivity contribution is -0.0172. The smallest absolute Gasteiger partial charge is 0.330 e. The second-order valence-electron chi connectivity index (χ2n) is 11.0. The van der Waals surface area contributed by atoms with Crippen LogP contribution < -0.4 is 5.69 Å². The van der Waals surface area contributed by atoms with Crippen LogP contribution >= 0.6 is 0 Å². The number of nitrogens with zero attached hydrogens (tertiary/aromatic N) is 6. The molecule has 2 fully saturated rings. The average molecular weight is 505 g/mol. The highest BCUT2D eigenvalue weighted by Crippen LogP contribution is 2.45. The van der Waals surface area contributed by atoms with Crippen LogP contribution in [0.25, 0.3) is 33.2 Å².